The van der Waals surface area contributed by atoms with E-state index in [9.17, 15) is 8.78 Å². The molecule has 1 aliphatic heterocycles. The second-order valence-corrected chi connectivity index (χ2v) is 8.93. The molecule has 0 unspecified atom stereocenters. The van der Waals surface area contributed by atoms with Gasteiger partial charge in [-0.1, -0.05) is 30.3 Å². The maximum Gasteiger partial charge on any atom is 0.241 e. The maximum atomic E-state index is 14.6. The van der Waals surface area contributed by atoms with E-state index in [1.165, 1.54) is 12.1 Å². The van der Waals surface area contributed by atoms with Crippen molar-refractivity contribution in [1.82, 2.24) is 24.4 Å². The summed E-state index contributed by atoms with van der Waals surface area (Å²) in [6.45, 7) is 1.09. The number of hydrogen-bond donors (Lipinski definition) is 0. The minimum absolute atomic E-state index is 0.287. The van der Waals surface area contributed by atoms with Crippen molar-refractivity contribution in [2.45, 2.75) is 25.5 Å². The molecule has 6 rings (SSSR count). The van der Waals surface area contributed by atoms with E-state index in [1.54, 1.807) is 15.4 Å². The average Bonchev–Trinajstić information content (AvgIpc) is 3.62. The van der Waals surface area contributed by atoms with Crippen molar-refractivity contribution in [3.63, 3.8) is 0 Å². The van der Waals surface area contributed by atoms with Crippen LogP contribution in [-0.2, 0) is 13.7 Å². The Balaban J connectivity index is 1.35. The van der Waals surface area contributed by atoms with Gasteiger partial charge in [0.1, 0.15) is 24.1 Å². The number of aryl methyl sites for hydroxylation is 1. The van der Waals surface area contributed by atoms with Crippen LogP contribution in [0.1, 0.15) is 30.0 Å². The zero-order valence-corrected chi connectivity index (χ0v) is 19.7. The van der Waals surface area contributed by atoms with Crippen molar-refractivity contribution in [2.24, 2.45) is 7.05 Å². The highest BCUT2D eigenvalue weighted by atomic mass is 19.1. The number of anilines is 1. The molecule has 0 aliphatic carbocycles. The molecule has 1 saturated heterocycles. The van der Waals surface area contributed by atoms with Gasteiger partial charge in [0.25, 0.3) is 0 Å². The Bertz CT molecular complexity index is 1530. The number of fused-ring (bicyclic) bond motifs is 1. The molecular formula is C27H24F2N6O. The number of aromatic nitrogens is 5. The fourth-order valence-corrected chi connectivity index (χ4v) is 4.83. The predicted octanol–water partition coefficient (Wildman–Crippen LogP) is 5.33. The van der Waals surface area contributed by atoms with Gasteiger partial charge in [0.2, 0.25) is 5.88 Å². The number of hydrogen-bond acceptors (Lipinski definition) is 5. The standard InChI is InChI=1S/C27H24F2N6O/c1-33-16-22(27(32-33)36-17-18-6-3-2-4-7-18)21-15-30-35-13-11-25(31-26(21)35)34-12-5-8-24(34)20-14-19(28)9-10-23(20)29/h2-4,6-7,9-11,13-16,24H,5,8,12,17H2,1H3/t24-/m1/s1. The molecule has 182 valence electrons. The van der Waals surface area contributed by atoms with Crippen LogP contribution in [0.4, 0.5) is 14.6 Å². The lowest BCUT2D eigenvalue weighted by Gasteiger charge is -2.26. The first-order chi connectivity index (χ1) is 17.6. The number of nitrogens with zero attached hydrogens (tertiary/aromatic N) is 6. The zero-order valence-electron chi connectivity index (χ0n) is 19.7. The topological polar surface area (TPSA) is 60.5 Å². The van der Waals surface area contributed by atoms with E-state index in [-0.39, 0.29) is 6.04 Å². The first-order valence-corrected chi connectivity index (χ1v) is 11.8. The monoisotopic (exact) mass is 486 g/mol. The lowest BCUT2D eigenvalue weighted by Crippen LogP contribution is -2.24. The molecule has 4 heterocycles. The largest absolute Gasteiger partial charge is 0.471 e. The Morgan fingerprint density at radius 1 is 1.06 bits per heavy atom. The fourth-order valence-electron chi connectivity index (χ4n) is 4.83. The Labute approximate surface area is 206 Å². The second-order valence-electron chi connectivity index (χ2n) is 8.93. The van der Waals surface area contributed by atoms with Crippen LogP contribution in [0.5, 0.6) is 5.88 Å². The SMILES string of the molecule is Cn1cc(-c2cnn3ccc(N4CCC[C@@H]4c4cc(F)ccc4F)nc23)c(OCc2ccccc2)n1. The number of rotatable bonds is 6. The van der Waals surface area contributed by atoms with Crippen molar-refractivity contribution in [3.8, 4) is 17.0 Å². The molecule has 0 radical (unpaired) electrons. The van der Waals surface area contributed by atoms with Crippen molar-refractivity contribution < 1.29 is 13.5 Å². The van der Waals surface area contributed by atoms with Crippen molar-refractivity contribution in [1.29, 1.82) is 0 Å². The molecule has 1 fully saturated rings. The summed E-state index contributed by atoms with van der Waals surface area (Å²) >= 11 is 0. The van der Waals surface area contributed by atoms with E-state index in [0.717, 1.165) is 35.6 Å². The summed E-state index contributed by atoms with van der Waals surface area (Å²) in [5.41, 5.74) is 3.59. The van der Waals surface area contributed by atoms with Crippen LogP contribution in [0.3, 0.4) is 0 Å². The number of halogens is 2. The summed E-state index contributed by atoms with van der Waals surface area (Å²) in [5.74, 6) is 0.324. The second kappa shape index (κ2) is 9.07. The molecule has 7 nitrogen and oxygen atoms in total. The minimum atomic E-state index is -0.445. The Morgan fingerprint density at radius 2 is 1.92 bits per heavy atom. The lowest BCUT2D eigenvalue weighted by molar-refractivity contribution is 0.292. The third-order valence-electron chi connectivity index (χ3n) is 6.52. The van der Waals surface area contributed by atoms with E-state index in [1.807, 2.05) is 60.7 Å². The van der Waals surface area contributed by atoms with Crippen LogP contribution in [0.15, 0.2) is 73.2 Å². The molecule has 0 bridgehead atoms. The van der Waals surface area contributed by atoms with E-state index in [4.69, 9.17) is 9.72 Å². The van der Waals surface area contributed by atoms with Gasteiger partial charge in [-0.3, -0.25) is 4.68 Å². The fraction of sp³-hybridized carbons (Fsp3) is 0.222. The van der Waals surface area contributed by atoms with Crippen molar-refractivity contribution in [2.75, 3.05) is 11.4 Å². The summed E-state index contributed by atoms with van der Waals surface area (Å²) in [6.07, 6.45) is 7.04. The Kier molecular flexibility index (Phi) is 5.59. The van der Waals surface area contributed by atoms with E-state index in [0.29, 0.717) is 36.1 Å². The maximum absolute atomic E-state index is 14.6. The lowest BCUT2D eigenvalue weighted by atomic mass is 10.0. The quantitative estimate of drug-likeness (QED) is 0.325. The van der Waals surface area contributed by atoms with E-state index < -0.39 is 11.6 Å². The van der Waals surface area contributed by atoms with Gasteiger partial charge in [-0.05, 0) is 42.7 Å². The molecule has 0 N–H and O–H groups in total. The average molecular weight is 487 g/mol. The first-order valence-electron chi connectivity index (χ1n) is 11.8. The predicted molar refractivity (Wildman–Crippen MR) is 132 cm³/mol. The van der Waals surface area contributed by atoms with Crippen LogP contribution in [0.2, 0.25) is 0 Å². The third kappa shape index (κ3) is 4.06. The van der Waals surface area contributed by atoms with Crippen LogP contribution in [-0.4, -0.2) is 30.9 Å². The number of benzene rings is 2. The summed E-state index contributed by atoms with van der Waals surface area (Å²) < 4.78 is 38.0. The smallest absolute Gasteiger partial charge is 0.241 e. The van der Waals surface area contributed by atoms with Crippen LogP contribution in [0.25, 0.3) is 16.8 Å². The molecule has 0 spiro atoms. The Hall–Kier alpha value is -4.27. The van der Waals surface area contributed by atoms with Crippen LogP contribution < -0.4 is 9.64 Å². The van der Waals surface area contributed by atoms with Crippen molar-refractivity contribution >= 4 is 11.5 Å². The molecule has 5 aromatic rings. The van der Waals surface area contributed by atoms with Gasteiger partial charge in [-0.2, -0.15) is 5.10 Å². The molecule has 0 amide bonds. The van der Waals surface area contributed by atoms with Gasteiger partial charge in [0.05, 0.1) is 23.4 Å². The van der Waals surface area contributed by atoms with E-state index in [2.05, 4.69) is 10.2 Å². The van der Waals surface area contributed by atoms with Crippen LogP contribution >= 0.6 is 0 Å². The highest BCUT2D eigenvalue weighted by molar-refractivity contribution is 5.80. The molecular weight excluding hydrogens is 462 g/mol. The molecule has 1 atom stereocenters. The summed E-state index contributed by atoms with van der Waals surface area (Å²) in [4.78, 5) is 6.94. The van der Waals surface area contributed by atoms with Gasteiger partial charge < -0.3 is 9.64 Å². The van der Waals surface area contributed by atoms with E-state index >= 15 is 0 Å². The molecule has 36 heavy (non-hydrogen) atoms. The highest BCUT2D eigenvalue weighted by Crippen LogP contribution is 2.38. The molecule has 2 aromatic carbocycles. The van der Waals surface area contributed by atoms with Gasteiger partial charge in [-0.25, -0.2) is 18.3 Å². The summed E-state index contributed by atoms with van der Waals surface area (Å²) in [5, 5.41) is 8.97. The summed E-state index contributed by atoms with van der Waals surface area (Å²) in [6, 6.07) is 15.1. The van der Waals surface area contributed by atoms with Crippen LogP contribution in [0, 0.1) is 11.6 Å². The van der Waals surface area contributed by atoms with Gasteiger partial charge >= 0.3 is 0 Å². The number of ether oxygens (including phenoxy) is 1. The van der Waals surface area contributed by atoms with Gasteiger partial charge in [0, 0.05) is 31.5 Å². The molecule has 1 aliphatic rings. The normalized spacial score (nSPS) is 15.6. The zero-order chi connectivity index (χ0) is 24.6. The van der Waals surface area contributed by atoms with Gasteiger partial charge in [0.15, 0.2) is 5.65 Å². The van der Waals surface area contributed by atoms with Gasteiger partial charge in [-0.15, -0.1) is 5.10 Å². The summed E-state index contributed by atoms with van der Waals surface area (Å²) in [7, 11) is 1.84. The van der Waals surface area contributed by atoms with Crippen molar-refractivity contribution in [3.05, 3.63) is 95.9 Å². The highest BCUT2D eigenvalue weighted by Gasteiger charge is 2.30. The minimum Gasteiger partial charge on any atom is -0.471 e. The molecule has 9 heteroatoms. The Morgan fingerprint density at radius 3 is 2.78 bits per heavy atom. The molecule has 3 aromatic heterocycles. The molecule has 0 saturated carbocycles. The first kappa shape index (κ1) is 22.2. The third-order valence-corrected chi connectivity index (χ3v) is 6.52.